The van der Waals surface area contributed by atoms with Crippen LogP contribution in [-0.4, -0.2) is 29.1 Å². The fourth-order valence-electron chi connectivity index (χ4n) is 1.88. The molecular formula is C17H22O6. The van der Waals surface area contributed by atoms with E-state index < -0.39 is 24.0 Å². The quantitative estimate of drug-likeness (QED) is 0.554. The number of carbonyl (C=O) groups is 3. The summed E-state index contributed by atoms with van der Waals surface area (Å²) in [5.74, 6) is -1.95. The van der Waals surface area contributed by atoms with Gasteiger partial charge in [0.25, 0.3) is 0 Å². The first-order chi connectivity index (χ1) is 11.0. The predicted octanol–water partition coefficient (Wildman–Crippen LogP) is 3.19. The summed E-state index contributed by atoms with van der Waals surface area (Å²) in [6.07, 6.45) is 1.91. The van der Waals surface area contributed by atoms with E-state index in [0.29, 0.717) is 25.0 Å². The lowest BCUT2D eigenvalue weighted by molar-refractivity contribution is -0.165. The van der Waals surface area contributed by atoms with Crippen molar-refractivity contribution in [2.24, 2.45) is 0 Å². The van der Waals surface area contributed by atoms with Crippen molar-refractivity contribution in [2.45, 2.75) is 52.1 Å². The molecule has 0 fully saturated rings. The van der Waals surface area contributed by atoms with Gasteiger partial charge in [0, 0.05) is 6.42 Å². The van der Waals surface area contributed by atoms with E-state index in [2.05, 4.69) is 0 Å². The number of unbranched alkanes of at least 4 members (excludes halogenated alkanes) is 1. The lowest BCUT2D eigenvalue weighted by atomic mass is 10.2. The van der Waals surface area contributed by atoms with Gasteiger partial charge in [0.1, 0.15) is 5.75 Å². The molecule has 0 saturated carbocycles. The molecule has 1 atom stereocenters. The molecule has 0 aromatic heterocycles. The zero-order chi connectivity index (χ0) is 17.2. The molecule has 23 heavy (non-hydrogen) atoms. The van der Waals surface area contributed by atoms with Crippen molar-refractivity contribution in [1.82, 2.24) is 0 Å². The van der Waals surface area contributed by atoms with E-state index in [1.807, 2.05) is 13.8 Å². The van der Waals surface area contributed by atoms with Crippen LogP contribution < -0.4 is 4.74 Å². The Labute approximate surface area is 135 Å². The number of hydrogen-bond acceptors (Lipinski definition) is 5. The number of carboxylic acid groups (broad SMARTS) is 1. The van der Waals surface area contributed by atoms with Crippen molar-refractivity contribution >= 4 is 17.9 Å². The third kappa shape index (κ3) is 6.50. The number of ether oxygens (including phenoxy) is 2. The van der Waals surface area contributed by atoms with Crippen LogP contribution in [0.5, 0.6) is 5.75 Å². The Bertz CT molecular complexity index is 535. The lowest BCUT2D eigenvalue weighted by Crippen LogP contribution is -2.31. The molecule has 1 aromatic carbocycles. The van der Waals surface area contributed by atoms with Crippen LogP contribution in [0.4, 0.5) is 0 Å². The van der Waals surface area contributed by atoms with Crippen LogP contribution in [0.2, 0.25) is 0 Å². The first kappa shape index (κ1) is 18.7. The summed E-state index contributed by atoms with van der Waals surface area (Å²) in [4.78, 5) is 34.4. The van der Waals surface area contributed by atoms with Gasteiger partial charge in [-0.3, -0.25) is 4.79 Å². The normalized spacial score (nSPS) is 11.6. The Morgan fingerprint density at radius 2 is 1.74 bits per heavy atom. The van der Waals surface area contributed by atoms with Crippen LogP contribution in [-0.2, 0) is 14.3 Å². The van der Waals surface area contributed by atoms with Crippen molar-refractivity contribution in [2.75, 3.05) is 0 Å². The minimum atomic E-state index is -1.04. The van der Waals surface area contributed by atoms with Crippen LogP contribution in [0.15, 0.2) is 24.3 Å². The fourth-order valence-corrected chi connectivity index (χ4v) is 1.88. The fraction of sp³-hybridized carbons (Fsp3) is 0.471. The largest absolute Gasteiger partial charge is 0.479 e. The van der Waals surface area contributed by atoms with E-state index in [1.165, 1.54) is 24.3 Å². The third-order valence-electron chi connectivity index (χ3n) is 3.14. The molecule has 0 spiro atoms. The van der Waals surface area contributed by atoms with Gasteiger partial charge < -0.3 is 14.6 Å². The number of carbonyl (C=O) groups excluding carboxylic acids is 2. The molecule has 1 N–H and O–H groups in total. The molecule has 0 aliphatic carbocycles. The first-order valence-electron chi connectivity index (χ1n) is 7.72. The molecule has 126 valence electrons. The first-order valence-corrected chi connectivity index (χ1v) is 7.72. The minimum absolute atomic E-state index is 0.127. The molecule has 6 heteroatoms. The number of aromatic carboxylic acids is 1. The summed E-state index contributed by atoms with van der Waals surface area (Å²) in [6, 6.07) is 5.72. The van der Waals surface area contributed by atoms with Crippen molar-refractivity contribution in [3.8, 4) is 5.75 Å². The second-order valence-corrected chi connectivity index (χ2v) is 5.12. The number of benzene rings is 1. The van der Waals surface area contributed by atoms with Gasteiger partial charge in [0.05, 0.1) is 5.56 Å². The highest BCUT2D eigenvalue weighted by Gasteiger charge is 2.24. The Kier molecular flexibility index (Phi) is 7.80. The Hall–Kier alpha value is -2.37. The van der Waals surface area contributed by atoms with Crippen LogP contribution in [0.25, 0.3) is 0 Å². The maximum Gasteiger partial charge on any atom is 0.354 e. The zero-order valence-corrected chi connectivity index (χ0v) is 13.4. The van der Waals surface area contributed by atoms with Gasteiger partial charge in [-0.15, -0.1) is 0 Å². The van der Waals surface area contributed by atoms with E-state index >= 15 is 0 Å². The molecule has 0 bridgehead atoms. The SMILES string of the molecule is CCCCC(=O)OC(=O)C(CCC)Oc1ccc(C(=O)O)cc1. The van der Waals surface area contributed by atoms with Crippen LogP contribution in [0.3, 0.4) is 0 Å². The van der Waals surface area contributed by atoms with Crippen molar-refractivity contribution in [3.63, 3.8) is 0 Å². The summed E-state index contributed by atoms with van der Waals surface area (Å²) in [7, 11) is 0. The molecule has 0 amide bonds. The number of hydrogen-bond donors (Lipinski definition) is 1. The Morgan fingerprint density at radius 1 is 1.09 bits per heavy atom. The predicted molar refractivity (Wildman–Crippen MR) is 83.3 cm³/mol. The van der Waals surface area contributed by atoms with E-state index in [0.717, 1.165) is 6.42 Å². The van der Waals surface area contributed by atoms with Crippen molar-refractivity contribution in [3.05, 3.63) is 29.8 Å². The molecule has 0 saturated heterocycles. The summed E-state index contributed by atoms with van der Waals surface area (Å²) in [5, 5.41) is 8.85. The monoisotopic (exact) mass is 322 g/mol. The number of rotatable bonds is 9. The molecular weight excluding hydrogens is 300 g/mol. The van der Waals surface area contributed by atoms with Gasteiger partial charge in [-0.1, -0.05) is 26.7 Å². The van der Waals surface area contributed by atoms with Crippen LogP contribution in [0.1, 0.15) is 56.3 Å². The highest BCUT2D eigenvalue weighted by molar-refractivity contribution is 5.88. The summed E-state index contributed by atoms with van der Waals surface area (Å²) in [6.45, 7) is 3.83. The molecule has 0 aliphatic heterocycles. The second-order valence-electron chi connectivity index (χ2n) is 5.12. The van der Waals surface area contributed by atoms with Crippen molar-refractivity contribution in [1.29, 1.82) is 0 Å². The van der Waals surface area contributed by atoms with Gasteiger partial charge in [-0.2, -0.15) is 0 Å². The maximum atomic E-state index is 12.0. The highest BCUT2D eigenvalue weighted by Crippen LogP contribution is 2.17. The number of carboxylic acids is 1. The van der Waals surface area contributed by atoms with Gasteiger partial charge >= 0.3 is 17.9 Å². The average Bonchev–Trinajstić information content (AvgIpc) is 2.53. The summed E-state index contributed by atoms with van der Waals surface area (Å²) in [5.41, 5.74) is 0.127. The molecule has 1 rings (SSSR count). The molecule has 1 aromatic rings. The third-order valence-corrected chi connectivity index (χ3v) is 3.14. The van der Waals surface area contributed by atoms with E-state index in [9.17, 15) is 14.4 Å². The lowest BCUT2D eigenvalue weighted by Gasteiger charge is -2.16. The van der Waals surface area contributed by atoms with Gasteiger partial charge in [0.2, 0.25) is 0 Å². The molecule has 1 unspecified atom stereocenters. The van der Waals surface area contributed by atoms with Crippen LogP contribution >= 0.6 is 0 Å². The van der Waals surface area contributed by atoms with Gasteiger partial charge in [0.15, 0.2) is 6.10 Å². The van der Waals surface area contributed by atoms with Crippen molar-refractivity contribution < 1.29 is 29.0 Å². The molecule has 6 nitrogen and oxygen atoms in total. The molecule has 0 heterocycles. The topological polar surface area (TPSA) is 89.9 Å². The number of esters is 2. The van der Waals surface area contributed by atoms with E-state index in [4.69, 9.17) is 14.6 Å². The van der Waals surface area contributed by atoms with E-state index in [1.54, 1.807) is 0 Å². The second kappa shape index (κ2) is 9.61. The Balaban J connectivity index is 2.68. The summed E-state index contributed by atoms with van der Waals surface area (Å²) >= 11 is 0. The minimum Gasteiger partial charge on any atom is -0.479 e. The highest BCUT2D eigenvalue weighted by atomic mass is 16.6. The maximum absolute atomic E-state index is 12.0. The van der Waals surface area contributed by atoms with E-state index in [-0.39, 0.29) is 12.0 Å². The Morgan fingerprint density at radius 3 is 2.26 bits per heavy atom. The average molecular weight is 322 g/mol. The standard InChI is InChI=1S/C17H22O6/c1-3-5-7-15(18)23-17(21)14(6-4-2)22-13-10-8-12(9-11-13)16(19)20/h8-11,14H,3-7H2,1-2H3,(H,19,20). The van der Waals surface area contributed by atoms with Gasteiger partial charge in [-0.05, 0) is 37.1 Å². The van der Waals surface area contributed by atoms with Gasteiger partial charge in [-0.25, -0.2) is 9.59 Å². The molecule has 0 aliphatic rings. The molecule has 0 radical (unpaired) electrons. The summed E-state index contributed by atoms with van der Waals surface area (Å²) < 4.78 is 10.3. The van der Waals surface area contributed by atoms with Crippen LogP contribution in [0, 0.1) is 0 Å². The zero-order valence-electron chi connectivity index (χ0n) is 13.4. The smallest absolute Gasteiger partial charge is 0.354 e.